The Labute approximate surface area is 132 Å². The molecule has 0 aliphatic rings. The predicted molar refractivity (Wildman–Crippen MR) is 89.9 cm³/mol. The number of ether oxygens (including phenoxy) is 1. The molecular formula is C17H14N2O2S. The van der Waals surface area contributed by atoms with Crippen molar-refractivity contribution in [3.8, 4) is 5.75 Å². The van der Waals surface area contributed by atoms with E-state index >= 15 is 0 Å². The lowest BCUT2D eigenvalue weighted by Crippen LogP contribution is -2.16. The summed E-state index contributed by atoms with van der Waals surface area (Å²) in [6, 6.07) is 15.3. The number of carbonyl (C=O) groups is 1. The summed E-state index contributed by atoms with van der Waals surface area (Å²) in [6.07, 6.45) is 1.65. The summed E-state index contributed by atoms with van der Waals surface area (Å²) in [4.78, 5) is 12.5. The molecule has 0 radical (unpaired) electrons. The minimum atomic E-state index is -0.205. The van der Waals surface area contributed by atoms with Gasteiger partial charge in [-0.2, -0.15) is 5.10 Å². The van der Waals surface area contributed by atoms with E-state index in [2.05, 4.69) is 10.5 Å². The zero-order valence-corrected chi connectivity index (χ0v) is 12.8. The number of fused-ring (bicyclic) bond motifs is 1. The van der Waals surface area contributed by atoms with Crippen LogP contribution in [0.3, 0.4) is 0 Å². The minimum Gasteiger partial charge on any atom is -0.496 e. The molecule has 0 atom stereocenters. The van der Waals surface area contributed by atoms with Crippen LogP contribution in [0, 0.1) is 0 Å². The van der Waals surface area contributed by atoms with E-state index in [1.54, 1.807) is 19.4 Å². The van der Waals surface area contributed by atoms with Crippen LogP contribution in [0.5, 0.6) is 5.75 Å². The normalized spacial score (nSPS) is 11.0. The van der Waals surface area contributed by atoms with Crippen molar-refractivity contribution in [3.05, 3.63) is 64.4 Å². The average Bonchev–Trinajstić information content (AvgIpc) is 3.09. The molecule has 1 heterocycles. The molecule has 0 fully saturated rings. The number of hydrogen-bond donors (Lipinski definition) is 1. The monoisotopic (exact) mass is 310 g/mol. The highest BCUT2D eigenvalue weighted by Gasteiger charge is 2.06. The Kier molecular flexibility index (Phi) is 4.16. The third-order valence-electron chi connectivity index (χ3n) is 3.25. The second kappa shape index (κ2) is 6.41. The van der Waals surface area contributed by atoms with Crippen molar-refractivity contribution in [2.45, 2.75) is 0 Å². The van der Waals surface area contributed by atoms with Crippen molar-refractivity contribution < 1.29 is 9.53 Å². The highest BCUT2D eigenvalue weighted by atomic mass is 32.1. The first kappa shape index (κ1) is 14.3. The van der Waals surface area contributed by atoms with Crippen molar-refractivity contribution in [2.24, 2.45) is 5.10 Å². The molecule has 0 saturated carbocycles. The second-order valence-corrected chi connectivity index (χ2v) is 5.53. The summed E-state index contributed by atoms with van der Waals surface area (Å²) in [6.45, 7) is 0. The Bertz CT molecular complexity index is 826. The molecule has 1 aromatic heterocycles. The van der Waals surface area contributed by atoms with Crippen molar-refractivity contribution in [1.29, 1.82) is 0 Å². The molecule has 5 heteroatoms. The number of amides is 1. The van der Waals surface area contributed by atoms with Gasteiger partial charge in [-0.05, 0) is 29.0 Å². The topological polar surface area (TPSA) is 50.7 Å². The summed E-state index contributed by atoms with van der Waals surface area (Å²) < 4.78 is 5.36. The average molecular weight is 310 g/mol. The number of carbonyl (C=O) groups excluding carboxylic acids is 1. The van der Waals surface area contributed by atoms with Gasteiger partial charge in [-0.25, -0.2) is 5.43 Å². The second-order valence-electron chi connectivity index (χ2n) is 4.58. The van der Waals surface area contributed by atoms with Gasteiger partial charge in [-0.15, -0.1) is 11.3 Å². The quantitative estimate of drug-likeness (QED) is 0.590. The number of hydrazone groups is 1. The van der Waals surface area contributed by atoms with Gasteiger partial charge < -0.3 is 4.74 Å². The number of rotatable bonds is 4. The lowest BCUT2D eigenvalue weighted by atomic mass is 10.0. The largest absolute Gasteiger partial charge is 0.496 e. The summed E-state index contributed by atoms with van der Waals surface area (Å²) in [5.74, 6) is 0.611. The van der Waals surface area contributed by atoms with Crippen LogP contribution in [0.4, 0.5) is 0 Å². The molecule has 22 heavy (non-hydrogen) atoms. The third-order valence-corrected chi connectivity index (χ3v) is 4.12. The lowest BCUT2D eigenvalue weighted by molar-refractivity contribution is 0.0959. The van der Waals surface area contributed by atoms with E-state index in [9.17, 15) is 4.79 Å². The van der Waals surface area contributed by atoms with Gasteiger partial charge in [0.05, 0.1) is 18.2 Å². The summed E-state index contributed by atoms with van der Waals surface area (Å²) in [7, 11) is 1.65. The maximum absolute atomic E-state index is 11.8. The van der Waals surface area contributed by atoms with Gasteiger partial charge in [0.2, 0.25) is 0 Å². The lowest BCUT2D eigenvalue weighted by Gasteiger charge is -2.07. The van der Waals surface area contributed by atoms with E-state index in [-0.39, 0.29) is 5.91 Å². The van der Waals surface area contributed by atoms with Crippen LogP contribution in [-0.4, -0.2) is 19.2 Å². The zero-order chi connectivity index (χ0) is 15.4. The Morgan fingerprint density at radius 2 is 1.95 bits per heavy atom. The number of thiophene rings is 1. The fraction of sp³-hybridized carbons (Fsp3) is 0.0588. The van der Waals surface area contributed by atoms with E-state index < -0.39 is 0 Å². The molecule has 1 N–H and O–H groups in total. The van der Waals surface area contributed by atoms with Crippen molar-refractivity contribution in [2.75, 3.05) is 7.11 Å². The molecule has 0 spiro atoms. The van der Waals surface area contributed by atoms with Crippen LogP contribution in [0.2, 0.25) is 0 Å². The van der Waals surface area contributed by atoms with Gasteiger partial charge in [0, 0.05) is 10.9 Å². The molecule has 0 saturated heterocycles. The fourth-order valence-corrected chi connectivity index (χ4v) is 2.82. The standard InChI is InChI=1S/C17H14N2O2S/c1-21-15-9-8-12(13-5-2-3-6-14(13)15)11-18-19-17(20)16-7-4-10-22-16/h2-11H,1H3,(H,19,20)/b18-11-. The molecule has 110 valence electrons. The minimum absolute atomic E-state index is 0.205. The van der Waals surface area contributed by atoms with E-state index in [0.717, 1.165) is 22.1 Å². The zero-order valence-electron chi connectivity index (χ0n) is 11.9. The molecule has 4 nitrogen and oxygen atoms in total. The van der Waals surface area contributed by atoms with Gasteiger partial charge in [-0.1, -0.05) is 30.3 Å². The van der Waals surface area contributed by atoms with Crippen LogP contribution in [0.25, 0.3) is 10.8 Å². The smallest absolute Gasteiger partial charge is 0.281 e. The fourth-order valence-electron chi connectivity index (χ4n) is 2.21. The number of hydrogen-bond acceptors (Lipinski definition) is 4. The highest BCUT2D eigenvalue weighted by Crippen LogP contribution is 2.27. The predicted octanol–water partition coefficient (Wildman–Crippen LogP) is 3.67. The van der Waals surface area contributed by atoms with Crippen LogP contribution in [0.1, 0.15) is 15.2 Å². The van der Waals surface area contributed by atoms with Gasteiger partial charge >= 0.3 is 0 Å². The summed E-state index contributed by atoms with van der Waals surface area (Å²) in [5, 5.41) is 7.94. The van der Waals surface area contributed by atoms with E-state index in [1.807, 2.05) is 47.8 Å². The Morgan fingerprint density at radius 1 is 1.14 bits per heavy atom. The number of methoxy groups -OCH3 is 1. The Hall–Kier alpha value is -2.66. The molecule has 0 bridgehead atoms. The molecule has 0 unspecified atom stereocenters. The SMILES string of the molecule is COc1ccc(/C=N\NC(=O)c2cccs2)c2ccccc12. The first-order valence-electron chi connectivity index (χ1n) is 6.72. The van der Waals surface area contributed by atoms with Crippen molar-refractivity contribution in [1.82, 2.24) is 5.43 Å². The first-order chi connectivity index (χ1) is 10.8. The van der Waals surface area contributed by atoms with Crippen LogP contribution < -0.4 is 10.2 Å². The number of benzene rings is 2. The first-order valence-corrected chi connectivity index (χ1v) is 7.60. The summed E-state index contributed by atoms with van der Waals surface area (Å²) in [5.41, 5.74) is 3.46. The van der Waals surface area contributed by atoms with Crippen LogP contribution in [-0.2, 0) is 0 Å². The van der Waals surface area contributed by atoms with E-state index in [1.165, 1.54) is 11.3 Å². The molecule has 3 aromatic rings. The van der Waals surface area contributed by atoms with Gasteiger partial charge in [0.1, 0.15) is 5.75 Å². The maximum Gasteiger partial charge on any atom is 0.281 e. The summed E-state index contributed by atoms with van der Waals surface area (Å²) >= 11 is 1.38. The Morgan fingerprint density at radius 3 is 2.68 bits per heavy atom. The van der Waals surface area contributed by atoms with Crippen LogP contribution in [0.15, 0.2) is 59.0 Å². The van der Waals surface area contributed by atoms with Gasteiger partial charge in [0.15, 0.2) is 0 Å². The van der Waals surface area contributed by atoms with Gasteiger partial charge in [-0.3, -0.25) is 4.79 Å². The highest BCUT2D eigenvalue weighted by molar-refractivity contribution is 7.12. The number of nitrogens with one attached hydrogen (secondary N) is 1. The van der Waals surface area contributed by atoms with Crippen LogP contribution >= 0.6 is 11.3 Å². The van der Waals surface area contributed by atoms with Crippen molar-refractivity contribution >= 4 is 34.2 Å². The van der Waals surface area contributed by atoms with Gasteiger partial charge in [0.25, 0.3) is 5.91 Å². The molecule has 3 rings (SSSR count). The molecular weight excluding hydrogens is 296 g/mol. The molecule has 2 aromatic carbocycles. The maximum atomic E-state index is 11.8. The van der Waals surface area contributed by atoms with Crippen molar-refractivity contribution in [3.63, 3.8) is 0 Å². The Balaban J connectivity index is 1.85. The molecule has 0 aliphatic carbocycles. The molecule has 1 amide bonds. The van der Waals surface area contributed by atoms with E-state index in [0.29, 0.717) is 4.88 Å². The molecule has 0 aliphatic heterocycles. The van der Waals surface area contributed by atoms with E-state index in [4.69, 9.17) is 4.74 Å². The third kappa shape index (κ3) is 2.84. The number of nitrogens with zero attached hydrogens (tertiary/aromatic N) is 1.